The molecule has 1 aliphatic rings. The van der Waals surface area contributed by atoms with Crippen LogP contribution in [0.4, 0.5) is 0 Å². The van der Waals surface area contributed by atoms with Crippen LogP contribution in [0.3, 0.4) is 0 Å². The van der Waals surface area contributed by atoms with Gasteiger partial charge in [-0.1, -0.05) is 18.6 Å². The Labute approximate surface area is 68.5 Å². The van der Waals surface area contributed by atoms with Gasteiger partial charge in [-0.15, -0.1) is 0 Å². The number of aliphatic hydroxyl groups excluding tert-OH is 1. The van der Waals surface area contributed by atoms with Gasteiger partial charge in [-0.3, -0.25) is 4.90 Å². The first kappa shape index (κ1) is 8.75. The van der Waals surface area contributed by atoms with Gasteiger partial charge >= 0.3 is 0 Å². The van der Waals surface area contributed by atoms with E-state index in [1.807, 2.05) is 6.08 Å². The molecule has 0 aromatic heterocycles. The molecule has 64 valence electrons. The zero-order valence-electron chi connectivity index (χ0n) is 7.16. The normalized spacial score (nSPS) is 28.0. The maximum absolute atomic E-state index is 8.58. The Kier molecular flexibility index (Phi) is 3.60. The van der Waals surface area contributed by atoms with Gasteiger partial charge in [-0.2, -0.15) is 0 Å². The molecule has 0 bridgehead atoms. The van der Waals surface area contributed by atoms with Crippen LogP contribution >= 0.6 is 0 Å². The fourth-order valence-corrected chi connectivity index (χ4v) is 1.56. The van der Waals surface area contributed by atoms with Gasteiger partial charge in [-0.05, 0) is 26.4 Å². The lowest BCUT2D eigenvalue weighted by Crippen LogP contribution is -2.34. The van der Waals surface area contributed by atoms with Crippen molar-refractivity contribution in [1.29, 1.82) is 0 Å². The van der Waals surface area contributed by atoms with Gasteiger partial charge in [0.2, 0.25) is 0 Å². The van der Waals surface area contributed by atoms with Gasteiger partial charge in [-0.25, -0.2) is 0 Å². The smallest absolute Gasteiger partial charge is 0.0612 e. The number of hydrogen-bond donors (Lipinski definition) is 1. The first-order valence-electron chi connectivity index (χ1n) is 4.32. The molecule has 0 saturated carbocycles. The topological polar surface area (TPSA) is 23.5 Å². The number of rotatable bonds is 2. The molecule has 0 aliphatic carbocycles. The van der Waals surface area contributed by atoms with Gasteiger partial charge in [0.25, 0.3) is 0 Å². The summed E-state index contributed by atoms with van der Waals surface area (Å²) >= 11 is 0. The lowest BCUT2D eigenvalue weighted by Gasteiger charge is -2.30. The zero-order chi connectivity index (χ0) is 8.10. The summed E-state index contributed by atoms with van der Waals surface area (Å²) in [6.07, 6.45) is 7.84. The van der Waals surface area contributed by atoms with Gasteiger partial charge in [0.1, 0.15) is 0 Å². The van der Waals surface area contributed by atoms with E-state index in [4.69, 9.17) is 5.11 Å². The quantitative estimate of drug-likeness (QED) is 0.602. The third kappa shape index (κ3) is 2.64. The first-order valence-corrected chi connectivity index (χ1v) is 4.32. The molecule has 1 atom stereocenters. The summed E-state index contributed by atoms with van der Waals surface area (Å²) in [5, 5.41) is 8.58. The first-order chi connectivity index (χ1) is 5.34. The molecule has 0 amide bonds. The third-order valence-corrected chi connectivity index (χ3v) is 2.29. The Balaban J connectivity index is 2.35. The van der Waals surface area contributed by atoms with E-state index in [9.17, 15) is 0 Å². The summed E-state index contributed by atoms with van der Waals surface area (Å²) in [7, 11) is 2.14. The summed E-state index contributed by atoms with van der Waals surface area (Å²) < 4.78 is 0. The van der Waals surface area contributed by atoms with E-state index in [1.165, 1.54) is 25.8 Å². The Hall–Kier alpha value is -0.340. The third-order valence-electron chi connectivity index (χ3n) is 2.29. The van der Waals surface area contributed by atoms with Crippen molar-refractivity contribution in [2.75, 3.05) is 20.2 Å². The molecule has 0 aromatic carbocycles. The zero-order valence-corrected chi connectivity index (χ0v) is 7.16. The fraction of sp³-hybridized carbons (Fsp3) is 0.778. The molecule has 0 aromatic rings. The molecule has 1 saturated heterocycles. The largest absolute Gasteiger partial charge is 0.392 e. The molecule has 11 heavy (non-hydrogen) atoms. The summed E-state index contributed by atoms with van der Waals surface area (Å²) in [5.74, 6) is 0. The minimum absolute atomic E-state index is 0.171. The van der Waals surface area contributed by atoms with Crippen molar-refractivity contribution in [3.8, 4) is 0 Å². The highest BCUT2D eigenvalue weighted by Crippen LogP contribution is 2.15. The molecule has 1 unspecified atom stereocenters. The molecule has 1 N–H and O–H groups in total. The van der Waals surface area contributed by atoms with Crippen molar-refractivity contribution in [3.05, 3.63) is 12.2 Å². The maximum atomic E-state index is 8.58. The predicted octanol–water partition coefficient (Wildman–Crippen LogP) is 1.02. The van der Waals surface area contributed by atoms with Crippen LogP contribution in [-0.2, 0) is 0 Å². The lowest BCUT2D eigenvalue weighted by molar-refractivity contribution is 0.221. The Morgan fingerprint density at radius 1 is 1.55 bits per heavy atom. The molecule has 1 rings (SSSR count). The van der Waals surface area contributed by atoms with Crippen LogP contribution in [-0.4, -0.2) is 36.2 Å². The van der Waals surface area contributed by atoms with Crippen molar-refractivity contribution in [2.24, 2.45) is 0 Å². The van der Waals surface area contributed by atoms with E-state index < -0.39 is 0 Å². The van der Waals surface area contributed by atoms with Crippen LogP contribution in [0.25, 0.3) is 0 Å². The standard InChI is InChI=1S/C9H17NO/c1-10-7-3-2-5-9(10)6-4-8-11/h4,6,9,11H,2-3,5,7-8H2,1H3/b6-4+. The van der Waals surface area contributed by atoms with Gasteiger partial charge in [0.15, 0.2) is 0 Å². The second-order valence-corrected chi connectivity index (χ2v) is 3.15. The van der Waals surface area contributed by atoms with Crippen molar-refractivity contribution < 1.29 is 5.11 Å². The van der Waals surface area contributed by atoms with Crippen LogP contribution < -0.4 is 0 Å². The molecule has 2 nitrogen and oxygen atoms in total. The molecular formula is C9H17NO. The van der Waals surface area contributed by atoms with Crippen LogP contribution in [0.1, 0.15) is 19.3 Å². The number of hydrogen-bond acceptors (Lipinski definition) is 2. The monoisotopic (exact) mass is 155 g/mol. The fourth-order valence-electron chi connectivity index (χ4n) is 1.56. The predicted molar refractivity (Wildman–Crippen MR) is 46.5 cm³/mol. The van der Waals surface area contributed by atoms with Gasteiger partial charge in [0.05, 0.1) is 6.61 Å². The lowest BCUT2D eigenvalue weighted by atomic mass is 10.0. The molecule has 1 aliphatic heterocycles. The number of likely N-dealkylation sites (N-methyl/N-ethyl adjacent to an activating group) is 1. The van der Waals surface area contributed by atoms with E-state index in [1.54, 1.807) is 0 Å². The number of likely N-dealkylation sites (tertiary alicyclic amines) is 1. The highest BCUT2D eigenvalue weighted by Gasteiger charge is 2.14. The van der Waals surface area contributed by atoms with Crippen LogP contribution in [0.15, 0.2) is 12.2 Å². The Morgan fingerprint density at radius 2 is 2.36 bits per heavy atom. The van der Waals surface area contributed by atoms with Gasteiger partial charge < -0.3 is 5.11 Å². The van der Waals surface area contributed by atoms with Crippen LogP contribution in [0, 0.1) is 0 Å². The minimum atomic E-state index is 0.171. The second-order valence-electron chi connectivity index (χ2n) is 3.15. The highest BCUT2D eigenvalue weighted by molar-refractivity contribution is 4.95. The Bertz CT molecular complexity index is 134. The number of piperidine rings is 1. The molecule has 0 spiro atoms. The average Bonchev–Trinajstić information content (AvgIpc) is 2.03. The maximum Gasteiger partial charge on any atom is 0.0612 e. The number of nitrogens with zero attached hydrogens (tertiary/aromatic N) is 1. The summed E-state index contributed by atoms with van der Waals surface area (Å²) in [5.41, 5.74) is 0. The van der Waals surface area contributed by atoms with E-state index in [0.717, 1.165) is 0 Å². The van der Waals surface area contributed by atoms with E-state index in [-0.39, 0.29) is 6.61 Å². The summed E-state index contributed by atoms with van der Waals surface area (Å²) in [6, 6.07) is 0.566. The van der Waals surface area contributed by atoms with Crippen molar-refractivity contribution in [1.82, 2.24) is 4.90 Å². The van der Waals surface area contributed by atoms with Crippen LogP contribution in [0.5, 0.6) is 0 Å². The minimum Gasteiger partial charge on any atom is -0.392 e. The molecule has 1 heterocycles. The summed E-state index contributed by atoms with van der Waals surface area (Å²) in [6.45, 7) is 1.37. The highest BCUT2D eigenvalue weighted by atomic mass is 16.2. The second kappa shape index (κ2) is 4.52. The van der Waals surface area contributed by atoms with Gasteiger partial charge in [0, 0.05) is 6.04 Å². The Morgan fingerprint density at radius 3 is 3.00 bits per heavy atom. The molecule has 2 heteroatoms. The number of aliphatic hydroxyl groups is 1. The van der Waals surface area contributed by atoms with Crippen molar-refractivity contribution >= 4 is 0 Å². The van der Waals surface area contributed by atoms with Crippen molar-refractivity contribution in [3.63, 3.8) is 0 Å². The average molecular weight is 155 g/mol. The van der Waals surface area contributed by atoms with E-state index in [0.29, 0.717) is 6.04 Å². The van der Waals surface area contributed by atoms with E-state index in [2.05, 4.69) is 18.0 Å². The van der Waals surface area contributed by atoms with E-state index >= 15 is 0 Å². The molecule has 1 fully saturated rings. The molecule has 0 radical (unpaired) electrons. The van der Waals surface area contributed by atoms with Crippen LogP contribution in [0.2, 0.25) is 0 Å². The van der Waals surface area contributed by atoms with Crippen molar-refractivity contribution in [2.45, 2.75) is 25.3 Å². The SMILES string of the molecule is CN1CCCCC1/C=C/CO. The summed E-state index contributed by atoms with van der Waals surface area (Å²) in [4.78, 5) is 2.34. The molecular weight excluding hydrogens is 138 g/mol.